The number of H-pyrrole nitrogens is 1. The molecule has 0 aromatic carbocycles. The molecule has 1 aromatic heterocycles. The van der Waals surface area contributed by atoms with Gasteiger partial charge >= 0.3 is 0 Å². The Morgan fingerprint density at radius 2 is 2.27 bits per heavy atom. The van der Waals surface area contributed by atoms with Crippen molar-refractivity contribution in [1.29, 1.82) is 0 Å². The highest BCUT2D eigenvalue weighted by Crippen LogP contribution is 2.23. The summed E-state index contributed by atoms with van der Waals surface area (Å²) < 4.78 is 5.33. The number of imidazole rings is 1. The van der Waals surface area contributed by atoms with E-state index in [4.69, 9.17) is 4.74 Å². The fourth-order valence-electron chi connectivity index (χ4n) is 3.33. The van der Waals surface area contributed by atoms with Crippen LogP contribution in [-0.2, 0) is 22.4 Å². The van der Waals surface area contributed by atoms with Crippen molar-refractivity contribution in [2.45, 2.75) is 32.6 Å². The molecule has 1 aliphatic heterocycles. The molecule has 2 aliphatic rings. The highest BCUT2D eigenvalue weighted by molar-refractivity contribution is 5.79. The Kier molecular flexibility index (Phi) is 5.10. The first kappa shape index (κ1) is 15.5. The van der Waals surface area contributed by atoms with Gasteiger partial charge in [-0.05, 0) is 32.7 Å². The molecule has 1 aromatic rings. The molecule has 1 saturated heterocycles. The molecule has 1 aliphatic carbocycles. The SMILES string of the molecule is Cc1nc2c([nH]1)C[C@@H](C(=O)NCCCN1CCOCC1)CC2. The normalized spacial score (nSPS) is 22.3. The third-order valence-electron chi connectivity index (χ3n) is 4.59. The average Bonchev–Trinajstić information content (AvgIpc) is 2.91. The smallest absolute Gasteiger partial charge is 0.223 e. The Morgan fingerprint density at radius 3 is 3.09 bits per heavy atom. The van der Waals surface area contributed by atoms with E-state index < -0.39 is 0 Å². The molecule has 1 amide bonds. The van der Waals surface area contributed by atoms with Gasteiger partial charge in [-0.15, -0.1) is 0 Å². The van der Waals surface area contributed by atoms with Crippen molar-refractivity contribution in [1.82, 2.24) is 20.2 Å². The van der Waals surface area contributed by atoms with Gasteiger partial charge in [0, 0.05) is 37.7 Å². The second kappa shape index (κ2) is 7.24. The van der Waals surface area contributed by atoms with Gasteiger partial charge in [-0.1, -0.05) is 0 Å². The Morgan fingerprint density at radius 1 is 1.45 bits per heavy atom. The van der Waals surface area contributed by atoms with Gasteiger partial charge in [0.2, 0.25) is 5.91 Å². The van der Waals surface area contributed by atoms with Gasteiger partial charge in [-0.3, -0.25) is 9.69 Å². The molecule has 122 valence electrons. The summed E-state index contributed by atoms with van der Waals surface area (Å²) in [5.74, 6) is 1.24. The number of hydrogen-bond acceptors (Lipinski definition) is 4. The van der Waals surface area contributed by atoms with E-state index in [9.17, 15) is 4.79 Å². The van der Waals surface area contributed by atoms with E-state index in [-0.39, 0.29) is 11.8 Å². The minimum Gasteiger partial charge on any atom is -0.379 e. The van der Waals surface area contributed by atoms with Crippen LogP contribution in [0.15, 0.2) is 0 Å². The van der Waals surface area contributed by atoms with Crippen LogP contribution in [0, 0.1) is 12.8 Å². The van der Waals surface area contributed by atoms with Crippen LogP contribution in [-0.4, -0.2) is 60.2 Å². The van der Waals surface area contributed by atoms with Crippen LogP contribution < -0.4 is 5.32 Å². The zero-order valence-corrected chi connectivity index (χ0v) is 13.4. The Hall–Kier alpha value is -1.40. The number of amides is 1. The van der Waals surface area contributed by atoms with Crippen molar-refractivity contribution < 1.29 is 9.53 Å². The lowest BCUT2D eigenvalue weighted by Gasteiger charge is -2.26. The van der Waals surface area contributed by atoms with E-state index in [1.165, 1.54) is 0 Å². The topological polar surface area (TPSA) is 70.2 Å². The van der Waals surface area contributed by atoms with Crippen LogP contribution in [0.5, 0.6) is 0 Å². The molecule has 3 rings (SSSR count). The zero-order chi connectivity index (χ0) is 15.4. The number of aromatic amines is 1. The summed E-state index contributed by atoms with van der Waals surface area (Å²) in [5, 5.41) is 3.10. The van der Waals surface area contributed by atoms with Crippen molar-refractivity contribution in [2.24, 2.45) is 5.92 Å². The number of aryl methyl sites for hydroxylation is 2. The summed E-state index contributed by atoms with van der Waals surface area (Å²) in [4.78, 5) is 22.4. The molecular weight excluding hydrogens is 280 g/mol. The van der Waals surface area contributed by atoms with Crippen LogP contribution >= 0.6 is 0 Å². The van der Waals surface area contributed by atoms with Gasteiger partial charge in [0.05, 0.1) is 18.9 Å². The first-order valence-corrected chi connectivity index (χ1v) is 8.34. The summed E-state index contributed by atoms with van der Waals surface area (Å²) in [5.41, 5.74) is 2.30. The summed E-state index contributed by atoms with van der Waals surface area (Å²) in [6, 6.07) is 0. The maximum atomic E-state index is 12.3. The maximum Gasteiger partial charge on any atom is 0.223 e. The lowest BCUT2D eigenvalue weighted by atomic mass is 9.89. The van der Waals surface area contributed by atoms with E-state index in [1.54, 1.807) is 0 Å². The number of hydrogen-bond donors (Lipinski definition) is 2. The average molecular weight is 306 g/mol. The molecule has 0 saturated carbocycles. The van der Waals surface area contributed by atoms with Crippen LogP contribution in [0.1, 0.15) is 30.1 Å². The molecule has 6 heteroatoms. The van der Waals surface area contributed by atoms with Crippen molar-refractivity contribution in [3.05, 3.63) is 17.2 Å². The largest absolute Gasteiger partial charge is 0.379 e. The molecule has 1 atom stereocenters. The molecule has 6 nitrogen and oxygen atoms in total. The summed E-state index contributed by atoms with van der Waals surface area (Å²) in [7, 11) is 0. The number of rotatable bonds is 5. The van der Waals surface area contributed by atoms with E-state index in [0.29, 0.717) is 0 Å². The number of aromatic nitrogens is 2. The quantitative estimate of drug-likeness (QED) is 0.784. The van der Waals surface area contributed by atoms with Crippen LogP contribution in [0.25, 0.3) is 0 Å². The molecule has 2 heterocycles. The van der Waals surface area contributed by atoms with Gasteiger partial charge in [0.25, 0.3) is 0 Å². The van der Waals surface area contributed by atoms with E-state index in [2.05, 4.69) is 20.2 Å². The fourth-order valence-corrected chi connectivity index (χ4v) is 3.33. The van der Waals surface area contributed by atoms with Crippen molar-refractivity contribution in [2.75, 3.05) is 39.4 Å². The molecule has 2 N–H and O–H groups in total. The Bertz CT molecular complexity index is 508. The summed E-state index contributed by atoms with van der Waals surface area (Å²) >= 11 is 0. The van der Waals surface area contributed by atoms with Gasteiger partial charge in [0.15, 0.2) is 0 Å². The fraction of sp³-hybridized carbons (Fsp3) is 0.750. The number of nitrogens with zero attached hydrogens (tertiary/aromatic N) is 2. The van der Waals surface area contributed by atoms with Gasteiger partial charge in [-0.2, -0.15) is 0 Å². The zero-order valence-electron chi connectivity index (χ0n) is 13.4. The van der Waals surface area contributed by atoms with Gasteiger partial charge < -0.3 is 15.0 Å². The Balaban J connectivity index is 1.37. The minimum atomic E-state index is 0.0933. The van der Waals surface area contributed by atoms with Crippen molar-refractivity contribution in [3.63, 3.8) is 0 Å². The van der Waals surface area contributed by atoms with Crippen molar-refractivity contribution >= 4 is 5.91 Å². The van der Waals surface area contributed by atoms with Crippen molar-refractivity contribution in [3.8, 4) is 0 Å². The lowest BCUT2D eigenvalue weighted by Crippen LogP contribution is -2.39. The second-order valence-electron chi connectivity index (χ2n) is 6.29. The Labute approximate surface area is 131 Å². The number of nitrogens with one attached hydrogen (secondary N) is 2. The minimum absolute atomic E-state index is 0.0933. The van der Waals surface area contributed by atoms with Crippen LogP contribution in [0.2, 0.25) is 0 Å². The number of ether oxygens (including phenoxy) is 1. The molecular formula is C16H26N4O2. The monoisotopic (exact) mass is 306 g/mol. The van der Waals surface area contributed by atoms with E-state index >= 15 is 0 Å². The van der Waals surface area contributed by atoms with Crippen LogP contribution in [0.3, 0.4) is 0 Å². The standard InChI is InChI=1S/C16H26N4O2/c1-12-18-14-4-3-13(11-15(14)19-12)16(21)17-5-2-6-20-7-9-22-10-8-20/h13H,2-11H2,1H3,(H,17,21)(H,18,19)/t13-/m0/s1. The molecule has 1 fully saturated rings. The van der Waals surface area contributed by atoms with Gasteiger partial charge in [-0.25, -0.2) is 4.98 Å². The van der Waals surface area contributed by atoms with E-state index in [0.717, 1.165) is 82.3 Å². The second-order valence-corrected chi connectivity index (χ2v) is 6.29. The number of carbonyl (C=O) groups is 1. The lowest BCUT2D eigenvalue weighted by molar-refractivity contribution is -0.125. The predicted molar refractivity (Wildman–Crippen MR) is 83.7 cm³/mol. The summed E-state index contributed by atoms with van der Waals surface area (Å²) in [6.07, 6.45) is 3.62. The molecule has 0 bridgehead atoms. The highest BCUT2D eigenvalue weighted by Gasteiger charge is 2.26. The molecule has 0 radical (unpaired) electrons. The predicted octanol–water partition coefficient (Wildman–Crippen LogP) is 0.662. The molecule has 0 unspecified atom stereocenters. The van der Waals surface area contributed by atoms with Crippen LogP contribution in [0.4, 0.5) is 0 Å². The first-order chi connectivity index (χ1) is 10.7. The summed E-state index contributed by atoms with van der Waals surface area (Å²) in [6.45, 7) is 7.47. The highest BCUT2D eigenvalue weighted by atomic mass is 16.5. The van der Waals surface area contributed by atoms with E-state index in [1.807, 2.05) is 6.92 Å². The first-order valence-electron chi connectivity index (χ1n) is 8.34. The number of fused-ring (bicyclic) bond motifs is 1. The maximum absolute atomic E-state index is 12.3. The molecule has 0 spiro atoms. The number of morpholine rings is 1. The third-order valence-corrected chi connectivity index (χ3v) is 4.59. The number of carbonyl (C=O) groups excluding carboxylic acids is 1. The molecule has 22 heavy (non-hydrogen) atoms. The third kappa shape index (κ3) is 3.87. The van der Waals surface area contributed by atoms with Gasteiger partial charge in [0.1, 0.15) is 5.82 Å².